The van der Waals surface area contributed by atoms with Crippen LogP contribution in [0.2, 0.25) is 0 Å². The third kappa shape index (κ3) is 3.61. The predicted octanol–water partition coefficient (Wildman–Crippen LogP) is 1.82. The first-order valence-corrected chi connectivity index (χ1v) is 5.24. The van der Waals surface area contributed by atoms with Crippen molar-refractivity contribution in [1.29, 1.82) is 0 Å². The second kappa shape index (κ2) is 5.83. The molecule has 0 saturated carbocycles. The molecule has 0 fully saturated rings. The van der Waals surface area contributed by atoms with Crippen LogP contribution in [0, 0.1) is 5.82 Å². The van der Waals surface area contributed by atoms with Gasteiger partial charge in [-0.05, 0) is 45.2 Å². The van der Waals surface area contributed by atoms with E-state index in [2.05, 4.69) is 4.90 Å². The molecule has 1 atom stereocenters. The lowest BCUT2D eigenvalue weighted by atomic mass is 9.95. The van der Waals surface area contributed by atoms with E-state index < -0.39 is 0 Å². The Kier molecular flexibility index (Phi) is 4.72. The molecule has 0 radical (unpaired) electrons. The van der Waals surface area contributed by atoms with Gasteiger partial charge >= 0.3 is 0 Å². The molecule has 0 spiro atoms. The first kappa shape index (κ1) is 12.1. The smallest absolute Gasteiger partial charge is 0.126 e. The van der Waals surface area contributed by atoms with E-state index in [1.54, 1.807) is 6.07 Å². The Bertz CT molecular complexity index is 299. The molecular formula is C12H19FN2. The Labute approximate surface area is 90.9 Å². The van der Waals surface area contributed by atoms with E-state index in [0.717, 1.165) is 18.5 Å². The second-order valence-corrected chi connectivity index (χ2v) is 4.05. The third-order valence-corrected chi connectivity index (χ3v) is 2.55. The van der Waals surface area contributed by atoms with E-state index >= 15 is 0 Å². The molecule has 1 unspecified atom stereocenters. The molecule has 3 heteroatoms. The van der Waals surface area contributed by atoms with Gasteiger partial charge in [0.1, 0.15) is 5.82 Å². The lowest BCUT2D eigenvalue weighted by molar-refractivity contribution is 0.379. The van der Waals surface area contributed by atoms with E-state index in [9.17, 15) is 4.39 Å². The van der Waals surface area contributed by atoms with Gasteiger partial charge in [-0.1, -0.05) is 18.2 Å². The summed E-state index contributed by atoms with van der Waals surface area (Å²) in [6, 6.07) is 6.88. The van der Waals surface area contributed by atoms with Gasteiger partial charge in [-0.3, -0.25) is 0 Å². The lowest BCUT2D eigenvalue weighted by Gasteiger charge is -2.18. The van der Waals surface area contributed by atoms with Crippen LogP contribution in [-0.2, 0) is 0 Å². The molecule has 0 aliphatic carbocycles. The van der Waals surface area contributed by atoms with Crippen LogP contribution in [0.1, 0.15) is 17.9 Å². The number of hydrogen-bond acceptors (Lipinski definition) is 2. The molecule has 2 nitrogen and oxygen atoms in total. The minimum atomic E-state index is -0.147. The van der Waals surface area contributed by atoms with Crippen LogP contribution in [0.25, 0.3) is 0 Å². The number of hydrogen-bond donors (Lipinski definition) is 1. The number of nitrogens with two attached hydrogens (primary N) is 1. The molecule has 0 aliphatic rings. The highest BCUT2D eigenvalue weighted by Crippen LogP contribution is 2.21. The molecule has 1 rings (SSSR count). The highest BCUT2D eigenvalue weighted by atomic mass is 19.1. The summed E-state index contributed by atoms with van der Waals surface area (Å²) in [4.78, 5) is 2.09. The largest absolute Gasteiger partial charge is 0.330 e. The normalized spacial score (nSPS) is 13.1. The van der Waals surface area contributed by atoms with Crippen LogP contribution in [0.4, 0.5) is 4.39 Å². The Morgan fingerprint density at radius 2 is 2.00 bits per heavy atom. The fraction of sp³-hybridized carbons (Fsp3) is 0.500. The van der Waals surface area contributed by atoms with E-state index in [0.29, 0.717) is 6.54 Å². The van der Waals surface area contributed by atoms with Crippen molar-refractivity contribution in [3.8, 4) is 0 Å². The van der Waals surface area contributed by atoms with Crippen LogP contribution in [0.3, 0.4) is 0 Å². The topological polar surface area (TPSA) is 29.3 Å². The van der Waals surface area contributed by atoms with Crippen molar-refractivity contribution in [3.63, 3.8) is 0 Å². The van der Waals surface area contributed by atoms with Crippen molar-refractivity contribution >= 4 is 0 Å². The number of rotatable bonds is 5. The molecule has 0 bridgehead atoms. The molecule has 2 N–H and O–H groups in total. The quantitative estimate of drug-likeness (QED) is 0.803. The van der Waals surface area contributed by atoms with Gasteiger partial charge in [0.15, 0.2) is 0 Å². The maximum absolute atomic E-state index is 13.5. The molecule has 15 heavy (non-hydrogen) atoms. The van der Waals surface area contributed by atoms with Crippen LogP contribution in [-0.4, -0.2) is 32.1 Å². The summed E-state index contributed by atoms with van der Waals surface area (Å²) < 4.78 is 13.5. The molecule has 0 aliphatic heterocycles. The summed E-state index contributed by atoms with van der Waals surface area (Å²) in [5.41, 5.74) is 6.41. The number of benzene rings is 1. The van der Waals surface area contributed by atoms with Gasteiger partial charge < -0.3 is 10.6 Å². The Morgan fingerprint density at radius 3 is 2.53 bits per heavy atom. The van der Waals surface area contributed by atoms with Gasteiger partial charge in [-0.15, -0.1) is 0 Å². The Balaban J connectivity index is 2.70. The second-order valence-electron chi connectivity index (χ2n) is 4.05. The molecule has 1 aromatic rings. The zero-order chi connectivity index (χ0) is 11.3. The van der Waals surface area contributed by atoms with Gasteiger partial charge in [0.25, 0.3) is 0 Å². The van der Waals surface area contributed by atoms with Crippen molar-refractivity contribution in [2.45, 2.75) is 12.3 Å². The van der Waals surface area contributed by atoms with Crippen LogP contribution in [0.15, 0.2) is 24.3 Å². The van der Waals surface area contributed by atoms with E-state index in [4.69, 9.17) is 5.73 Å². The summed E-state index contributed by atoms with van der Waals surface area (Å²) >= 11 is 0. The first-order chi connectivity index (χ1) is 7.15. The molecule has 0 amide bonds. The Morgan fingerprint density at radius 1 is 1.33 bits per heavy atom. The molecule has 1 aromatic carbocycles. The monoisotopic (exact) mass is 210 g/mol. The van der Waals surface area contributed by atoms with E-state index in [1.807, 2.05) is 26.2 Å². The molecular weight excluding hydrogens is 191 g/mol. The van der Waals surface area contributed by atoms with Gasteiger partial charge in [-0.2, -0.15) is 0 Å². The van der Waals surface area contributed by atoms with Gasteiger partial charge in [0.2, 0.25) is 0 Å². The van der Waals surface area contributed by atoms with Gasteiger partial charge in [0.05, 0.1) is 0 Å². The minimum Gasteiger partial charge on any atom is -0.330 e. The average molecular weight is 210 g/mol. The fourth-order valence-electron chi connectivity index (χ4n) is 1.62. The van der Waals surface area contributed by atoms with Crippen LogP contribution >= 0.6 is 0 Å². The summed E-state index contributed by atoms with van der Waals surface area (Å²) in [6.07, 6.45) is 0.893. The van der Waals surface area contributed by atoms with Gasteiger partial charge in [0, 0.05) is 5.92 Å². The van der Waals surface area contributed by atoms with E-state index in [-0.39, 0.29) is 11.7 Å². The highest BCUT2D eigenvalue weighted by Gasteiger charge is 2.13. The summed E-state index contributed by atoms with van der Waals surface area (Å²) in [6.45, 7) is 1.42. The van der Waals surface area contributed by atoms with Crippen molar-refractivity contribution < 1.29 is 4.39 Å². The highest BCUT2D eigenvalue weighted by molar-refractivity contribution is 5.22. The lowest BCUT2D eigenvalue weighted by Crippen LogP contribution is -2.21. The third-order valence-electron chi connectivity index (χ3n) is 2.55. The van der Waals surface area contributed by atoms with Crippen molar-refractivity contribution in [2.75, 3.05) is 27.2 Å². The maximum atomic E-state index is 13.5. The summed E-state index contributed by atoms with van der Waals surface area (Å²) in [7, 11) is 4.02. The number of nitrogens with zero attached hydrogens (tertiary/aromatic N) is 1. The fourth-order valence-corrected chi connectivity index (χ4v) is 1.62. The SMILES string of the molecule is CN(C)CCC(CN)c1ccccc1F. The molecule has 84 valence electrons. The van der Waals surface area contributed by atoms with Crippen molar-refractivity contribution in [2.24, 2.45) is 5.73 Å². The van der Waals surface area contributed by atoms with Crippen LogP contribution < -0.4 is 5.73 Å². The van der Waals surface area contributed by atoms with Crippen LogP contribution in [0.5, 0.6) is 0 Å². The number of halogens is 1. The summed E-state index contributed by atoms with van der Waals surface area (Å²) in [5, 5.41) is 0. The zero-order valence-electron chi connectivity index (χ0n) is 9.41. The first-order valence-electron chi connectivity index (χ1n) is 5.24. The molecule has 0 aromatic heterocycles. The Hall–Kier alpha value is -0.930. The zero-order valence-corrected chi connectivity index (χ0v) is 9.41. The molecule has 0 saturated heterocycles. The van der Waals surface area contributed by atoms with Crippen molar-refractivity contribution in [1.82, 2.24) is 4.90 Å². The summed E-state index contributed by atoms with van der Waals surface area (Å²) in [5.74, 6) is -0.0275. The van der Waals surface area contributed by atoms with Gasteiger partial charge in [-0.25, -0.2) is 4.39 Å². The molecule has 0 heterocycles. The standard InChI is InChI=1S/C12H19FN2/c1-15(2)8-7-10(9-14)11-5-3-4-6-12(11)13/h3-6,10H,7-9,14H2,1-2H3. The van der Waals surface area contributed by atoms with Crippen molar-refractivity contribution in [3.05, 3.63) is 35.6 Å². The maximum Gasteiger partial charge on any atom is 0.126 e. The minimum absolute atomic E-state index is 0.119. The average Bonchev–Trinajstić information content (AvgIpc) is 2.21. The predicted molar refractivity (Wildman–Crippen MR) is 61.4 cm³/mol. The van der Waals surface area contributed by atoms with E-state index in [1.165, 1.54) is 6.07 Å².